The van der Waals surface area contributed by atoms with Crippen LogP contribution in [0.4, 0.5) is 5.95 Å². The smallest absolute Gasteiger partial charge is 0.228 e. The number of nitrogens with zero attached hydrogens (tertiary/aromatic N) is 4. The van der Waals surface area contributed by atoms with Crippen LogP contribution >= 0.6 is 27.7 Å². The average molecular weight is 465 g/mol. The minimum Gasteiger partial charge on any atom is -0.486 e. The summed E-state index contributed by atoms with van der Waals surface area (Å²) < 4.78 is 14.8. The molecule has 1 saturated heterocycles. The van der Waals surface area contributed by atoms with E-state index in [0.29, 0.717) is 19.3 Å². The van der Waals surface area contributed by atoms with Crippen molar-refractivity contribution in [3.63, 3.8) is 0 Å². The number of rotatable bonds is 5. The highest BCUT2D eigenvalue weighted by Gasteiger charge is 2.32. The van der Waals surface area contributed by atoms with Crippen molar-refractivity contribution in [3.8, 4) is 11.5 Å². The van der Waals surface area contributed by atoms with Gasteiger partial charge in [-0.2, -0.15) is 0 Å². The molecule has 0 radical (unpaired) electrons. The maximum absolute atomic E-state index is 5.74. The fourth-order valence-corrected chi connectivity index (χ4v) is 5.44. The highest BCUT2D eigenvalue weighted by atomic mass is 79.9. The average Bonchev–Trinajstić information content (AvgIpc) is 3.46. The third-order valence-electron chi connectivity index (χ3n) is 5.69. The summed E-state index contributed by atoms with van der Waals surface area (Å²) in [6.45, 7) is 5.73. The second kappa shape index (κ2) is 7.78. The molecule has 0 amide bonds. The largest absolute Gasteiger partial charge is 0.486 e. The van der Waals surface area contributed by atoms with E-state index in [-0.39, 0.29) is 0 Å². The summed E-state index contributed by atoms with van der Waals surface area (Å²) in [6, 6.07) is 4.66. The van der Waals surface area contributed by atoms with E-state index in [1.807, 2.05) is 6.07 Å². The molecule has 2 aliphatic heterocycles. The molecule has 3 heterocycles. The van der Waals surface area contributed by atoms with Crippen LogP contribution in [0.25, 0.3) is 0 Å². The summed E-state index contributed by atoms with van der Waals surface area (Å²) >= 11 is 5.44. The Labute approximate surface area is 178 Å². The fraction of sp³-hybridized carbons (Fsp3) is 0.600. The zero-order valence-corrected chi connectivity index (χ0v) is 18.5. The Bertz CT molecular complexity index is 862. The van der Waals surface area contributed by atoms with Crippen LogP contribution in [-0.2, 0) is 5.75 Å². The summed E-state index contributed by atoms with van der Waals surface area (Å²) in [7, 11) is 0. The van der Waals surface area contributed by atoms with Crippen LogP contribution in [0.5, 0.6) is 11.5 Å². The number of piperidine rings is 1. The predicted octanol–water partition coefficient (Wildman–Crippen LogP) is 4.68. The highest BCUT2D eigenvalue weighted by molar-refractivity contribution is 9.10. The quantitative estimate of drug-likeness (QED) is 0.598. The number of ether oxygens (including phenoxy) is 2. The number of hydrogen-bond acceptors (Lipinski definition) is 6. The maximum Gasteiger partial charge on any atom is 0.228 e. The zero-order chi connectivity index (χ0) is 19.1. The van der Waals surface area contributed by atoms with Crippen LogP contribution in [0.1, 0.15) is 44.2 Å². The Hall–Kier alpha value is -1.41. The number of fused-ring (bicyclic) bond motifs is 1. The number of benzene rings is 1. The lowest BCUT2D eigenvalue weighted by atomic mass is 10.00. The van der Waals surface area contributed by atoms with E-state index in [4.69, 9.17) is 9.47 Å². The van der Waals surface area contributed by atoms with Crippen LogP contribution in [0.2, 0.25) is 0 Å². The molecule has 8 heteroatoms. The Morgan fingerprint density at radius 3 is 2.50 bits per heavy atom. The van der Waals surface area contributed by atoms with Crippen molar-refractivity contribution in [1.29, 1.82) is 0 Å². The molecule has 6 nitrogen and oxygen atoms in total. The van der Waals surface area contributed by atoms with Crippen molar-refractivity contribution in [2.75, 3.05) is 31.2 Å². The third-order valence-corrected chi connectivity index (χ3v) is 7.42. The van der Waals surface area contributed by atoms with Crippen molar-refractivity contribution in [2.24, 2.45) is 5.92 Å². The Morgan fingerprint density at radius 1 is 1.07 bits per heavy atom. The minimum atomic E-state index is 0.565. The van der Waals surface area contributed by atoms with E-state index in [2.05, 4.69) is 48.6 Å². The highest BCUT2D eigenvalue weighted by Crippen LogP contribution is 2.43. The van der Waals surface area contributed by atoms with E-state index in [1.54, 1.807) is 11.8 Å². The van der Waals surface area contributed by atoms with Gasteiger partial charge in [-0.1, -0.05) is 34.6 Å². The molecule has 1 aromatic heterocycles. The summed E-state index contributed by atoms with van der Waals surface area (Å²) in [5.74, 6) is 4.35. The zero-order valence-electron chi connectivity index (χ0n) is 16.1. The second-order valence-electron chi connectivity index (χ2n) is 7.93. The Kier molecular flexibility index (Phi) is 5.17. The summed E-state index contributed by atoms with van der Waals surface area (Å²) in [6.07, 6.45) is 4.95. The van der Waals surface area contributed by atoms with Gasteiger partial charge in [0.25, 0.3) is 0 Å². The van der Waals surface area contributed by atoms with E-state index in [0.717, 1.165) is 51.8 Å². The van der Waals surface area contributed by atoms with Gasteiger partial charge in [0, 0.05) is 29.4 Å². The number of anilines is 1. The van der Waals surface area contributed by atoms with E-state index >= 15 is 0 Å². The van der Waals surface area contributed by atoms with Crippen LogP contribution in [-0.4, -0.2) is 41.1 Å². The lowest BCUT2D eigenvalue weighted by Crippen LogP contribution is -2.34. The SMILES string of the molecule is CC1CCN(c2nnc(SCc3cc4c(cc3Br)OCCO4)n2C2CC2)CC1. The number of halogens is 1. The van der Waals surface area contributed by atoms with Gasteiger partial charge in [-0.3, -0.25) is 4.57 Å². The Balaban J connectivity index is 1.35. The second-order valence-corrected chi connectivity index (χ2v) is 9.73. The molecule has 2 aromatic rings. The summed E-state index contributed by atoms with van der Waals surface area (Å²) in [5.41, 5.74) is 1.19. The third kappa shape index (κ3) is 3.73. The first-order valence-corrected chi connectivity index (χ1v) is 11.9. The molecule has 28 heavy (non-hydrogen) atoms. The van der Waals surface area contributed by atoms with Gasteiger partial charge in [0.05, 0.1) is 0 Å². The Morgan fingerprint density at radius 2 is 1.79 bits per heavy atom. The van der Waals surface area contributed by atoms with E-state index < -0.39 is 0 Å². The van der Waals surface area contributed by atoms with Crippen molar-refractivity contribution < 1.29 is 9.47 Å². The van der Waals surface area contributed by atoms with Gasteiger partial charge in [0.15, 0.2) is 16.7 Å². The first-order chi connectivity index (χ1) is 13.7. The summed E-state index contributed by atoms with van der Waals surface area (Å²) in [5, 5.41) is 10.2. The van der Waals surface area contributed by atoms with Gasteiger partial charge in [0.2, 0.25) is 5.95 Å². The van der Waals surface area contributed by atoms with Crippen LogP contribution in [0.15, 0.2) is 21.8 Å². The van der Waals surface area contributed by atoms with Crippen molar-refractivity contribution in [1.82, 2.24) is 14.8 Å². The number of hydrogen-bond donors (Lipinski definition) is 0. The maximum atomic E-state index is 5.74. The van der Waals surface area contributed by atoms with Crippen LogP contribution in [0, 0.1) is 5.92 Å². The van der Waals surface area contributed by atoms with Crippen molar-refractivity contribution >= 4 is 33.6 Å². The molecule has 1 aromatic carbocycles. The minimum absolute atomic E-state index is 0.565. The van der Waals surface area contributed by atoms with Crippen molar-refractivity contribution in [2.45, 2.75) is 49.6 Å². The van der Waals surface area contributed by atoms with Gasteiger partial charge >= 0.3 is 0 Å². The molecule has 2 fully saturated rings. The standard InChI is InChI=1S/C20H25BrN4O2S/c1-13-4-6-24(7-5-13)19-22-23-20(25(19)15-2-3-15)28-12-14-10-17-18(11-16(14)21)27-9-8-26-17/h10-11,13,15H,2-9,12H2,1H3. The van der Waals surface area contributed by atoms with E-state index in [1.165, 1.54) is 31.2 Å². The number of thioether (sulfide) groups is 1. The van der Waals surface area contributed by atoms with Gasteiger partial charge in [-0.15, -0.1) is 10.2 Å². The molecule has 0 N–H and O–H groups in total. The molecular formula is C20H25BrN4O2S. The van der Waals surface area contributed by atoms with Gasteiger partial charge in [-0.25, -0.2) is 0 Å². The van der Waals surface area contributed by atoms with Gasteiger partial charge in [-0.05, 0) is 49.3 Å². The molecular weight excluding hydrogens is 440 g/mol. The molecule has 0 bridgehead atoms. The van der Waals surface area contributed by atoms with Crippen LogP contribution < -0.4 is 14.4 Å². The monoisotopic (exact) mass is 464 g/mol. The topological polar surface area (TPSA) is 52.4 Å². The summed E-state index contributed by atoms with van der Waals surface area (Å²) in [4.78, 5) is 2.43. The normalized spacial score (nSPS) is 19.9. The number of aromatic nitrogens is 3. The molecule has 1 saturated carbocycles. The lowest BCUT2D eigenvalue weighted by molar-refractivity contribution is 0.171. The first-order valence-electron chi connectivity index (χ1n) is 10.1. The predicted molar refractivity (Wildman–Crippen MR) is 114 cm³/mol. The van der Waals surface area contributed by atoms with Crippen molar-refractivity contribution in [3.05, 3.63) is 22.2 Å². The molecule has 0 atom stereocenters. The molecule has 1 aliphatic carbocycles. The van der Waals surface area contributed by atoms with E-state index in [9.17, 15) is 0 Å². The lowest BCUT2D eigenvalue weighted by Gasteiger charge is -2.31. The molecule has 3 aliphatic rings. The van der Waals surface area contributed by atoms with Gasteiger partial charge < -0.3 is 14.4 Å². The molecule has 0 spiro atoms. The fourth-order valence-electron chi connectivity index (χ4n) is 3.80. The first kappa shape index (κ1) is 18.6. The molecule has 0 unspecified atom stereocenters. The molecule has 150 valence electrons. The molecule has 5 rings (SSSR count). The van der Waals surface area contributed by atoms with Gasteiger partial charge in [0.1, 0.15) is 13.2 Å². The van der Waals surface area contributed by atoms with Crippen LogP contribution in [0.3, 0.4) is 0 Å².